The molecule has 1 aliphatic heterocycles. The van der Waals surface area contributed by atoms with E-state index < -0.39 is 5.41 Å². The predicted molar refractivity (Wildman–Crippen MR) is 266 cm³/mol. The van der Waals surface area contributed by atoms with Crippen LogP contribution in [0.3, 0.4) is 0 Å². The van der Waals surface area contributed by atoms with E-state index in [1.54, 1.807) is 0 Å². The zero-order valence-electron chi connectivity index (χ0n) is 36.4. The van der Waals surface area contributed by atoms with Gasteiger partial charge in [0.2, 0.25) is 5.82 Å². The van der Waals surface area contributed by atoms with E-state index in [9.17, 15) is 0 Å². The Hall–Kier alpha value is -8.41. The molecular formula is C61H40N5+. The summed E-state index contributed by atoms with van der Waals surface area (Å²) in [7, 11) is 0. The summed E-state index contributed by atoms with van der Waals surface area (Å²) in [6.07, 6.45) is 0. The lowest BCUT2D eigenvalue weighted by Crippen LogP contribution is -2.28. The van der Waals surface area contributed by atoms with Crippen LogP contribution in [0.5, 0.6) is 0 Å². The Labute approximate surface area is 381 Å². The number of hydrogen-bond donors (Lipinski definition) is 0. The molecule has 0 atom stereocenters. The minimum Gasteiger partial charge on any atom is -0.309 e. The Kier molecular flexibility index (Phi) is 6.90. The molecule has 0 bridgehead atoms. The van der Waals surface area contributed by atoms with Gasteiger partial charge in [-0.05, 0) is 93.0 Å². The number of para-hydroxylation sites is 3. The van der Waals surface area contributed by atoms with Crippen LogP contribution in [0.1, 0.15) is 47.2 Å². The van der Waals surface area contributed by atoms with Gasteiger partial charge < -0.3 is 4.57 Å². The molecule has 0 unspecified atom stereocenters. The van der Waals surface area contributed by atoms with Gasteiger partial charge in [-0.1, -0.05) is 177 Å². The third-order valence-electron chi connectivity index (χ3n) is 15.2. The highest BCUT2D eigenvalue weighted by Gasteiger charge is 2.52. The Morgan fingerprint density at radius 2 is 1.03 bits per heavy atom. The smallest absolute Gasteiger partial charge is 0.309 e. The van der Waals surface area contributed by atoms with Crippen molar-refractivity contribution < 1.29 is 4.40 Å². The third-order valence-corrected chi connectivity index (χ3v) is 15.2. The van der Waals surface area contributed by atoms with Crippen LogP contribution < -0.4 is 4.40 Å². The van der Waals surface area contributed by atoms with Crippen LogP contribution in [0.15, 0.2) is 206 Å². The summed E-state index contributed by atoms with van der Waals surface area (Å²) in [4.78, 5) is 11.6. The molecule has 0 saturated heterocycles. The molecule has 0 radical (unpaired) electrons. The SMILES string of the molecule is CC1(C)c2ccc3c(c2-n2c4c1cccc4[n+]1c(-c4ccccc4)nc(-c4cccc5c4-c4ccccc4C54c5ccccc5-c5ccccc54)nc21)c1ccccc1n3-c1ccccc1. The molecular weight excluding hydrogens is 803 g/mol. The number of aromatic nitrogens is 5. The zero-order chi connectivity index (χ0) is 43.5. The fourth-order valence-electron chi connectivity index (χ4n) is 12.6. The van der Waals surface area contributed by atoms with Crippen molar-refractivity contribution in [2.24, 2.45) is 0 Å². The van der Waals surface area contributed by atoms with E-state index in [4.69, 9.17) is 9.97 Å². The van der Waals surface area contributed by atoms with Gasteiger partial charge in [0.05, 0.1) is 22.0 Å². The average Bonchev–Trinajstić information content (AvgIpc) is 4.08. The molecule has 0 saturated carbocycles. The second kappa shape index (κ2) is 12.6. The fraction of sp³-hybridized carbons (Fsp3) is 0.0656. The highest BCUT2D eigenvalue weighted by Crippen LogP contribution is 2.64. The molecule has 5 nitrogen and oxygen atoms in total. The minimum absolute atomic E-state index is 0.320. The quantitative estimate of drug-likeness (QED) is 0.166. The summed E-state index contributed by atoms with van der Waals surface area (Å²) in [5.74, 6) is 2.38. The second-order valence-corrected chi connectivity index (χ2v) is 18.7. The molecule has 3 aromatic heterocycles. The summed E-state index contributed by atoms with van der Waals surface area (Å²) in [5.41, 5.74) is 20.8. The highest BCUT2D eigenvalue weighted by molar-refractivity contribution is 6.15. The fourth-order valence-corrected chi connectivity index (χ4v) is 12.6. The van der Waals surface area contributed by atoms with Crippen LogP contribution in [0.2, 0.25) is 0 Å². The van der Waals surface area contributed by atoms with Crippen molar-refractivity contribution in [2.45, 2.75) is 24.7 Å². The topological polar surface area (TPSA) is 39.7 Å². The third kappa shape index (κ3) is 4.29. The number of imidazole rings is 1. The van der Waals surface area contributed by atoms with Crippen LogP contribution in [0.25, 0.3) is 95.0 Å². The Balaban J connectivity index is 1.10. The van der Waals surface area contributed by atoms with Gasteiger partial charge in [0, 0.05) is 38.6 Å². The second-order valence-electron chi connectivity index (χ2n) is 18.7. The molecule has 0 fully saturated rings. The van der Waals surface area contributed by atoms with E-state index in [0.717, 1.165) is 45.0 Å². The van der Waals surface area contributed by atoms with Gasteiger partial charge in [0.15, 0.2) is 0 Å². The monoisotopic (exact) mass is 842 g/mol. The maximum Gasteiger partial charge on any atom is 0.368 e. The first kappa shape index (κ1) is 36.0. The normalized spacial score (nSPS) is 14.5. The molecule has 12 aromatic rings. The van der Waals surface area contributed by atoms with Crippen molar-refractivity contribution in [3.05, 3.63) is 240 Å². The molecule has 3 aliphatic rings. The van der Waals surface area contributed by atoms with Gasteiger partial charge in [-0.15, -0.1) is 4.98 Å². The van der Waals surface area contributed by atoms with E-state index in [-0.39, 0.29) is 5.41 Å². The number of hydrogen-bond acceptors (Lipinski definition) is 2. The average molecular weight is 843 g/mol. The summed E-state index contributed by atoms with van der Waals surface area (Å²) in [6, 6.07) is 75.6. The lowest BCUT2D eigenvalue weighted by molar-refractivity contribution is -0.475. The van der Waals surface area contributed by atoms with Crippen LogP contribution in [-0.2, 0) is 10.8 Å². The van der Waals surface area contributed by atoms with Crippen LogP contribution in [0.4, 0.5) is 0 Å². The first-order valence-electron chi connectivity index (χ1n) is 22.9. The van der Waals surface area contributed by atoms with Crippen molar-refractivity contribution >= 4 is 38.6 Å². The molecule has 9 aromatic carbocycles. The number of nitrogens with zero attached hydrogens (tertiary/aromatic N) is 5. The Morgan fingerprint density at radius 3 is 1.79 bits per heavy atom. The van der Waals surface area contributed by atoms with Gasteiger partial charge in [-0.3, -0.25) is 0 Å². The van der Waals surface area contributed by atoms with Crippen LogP contribution in [0, 0.1) is 0 Å². The van der Waals surface area contributed by atoms with E-state index >= 15 is 0 Å². The Bertz CT molecular complexity index is 4030. The Morgan fingerprint density at radius 1 is 0.439 bits per heavy atom. The van der Waals surface area contributed by atoms with Gasteiger partial charge in [-0.25, -0.2) is 4.57 Å². The standard InChI is InChI=1S/C61H40N5/c1-60(2)48-32-18-34-52-55(48)66(56-49(60)35-36-51-54(56)42-26-12-16-33-50(42)64(51)38-21-7-4-8-22-38)59-63-57(62-58(65(52)59)37-19-5-3-6-20-37)43-27-17-31-47-53(43)41-25-11-15-30-46(41)61(47)44-28-13-9-23-39(44)40-24-10-14-29-45(40)61/h3-36H,1-2H3/q+1. The molecule has 66 heavy (non-hydrogen) atoms. The zero-order valence-corrected chi connectivity index (χ0v) is 36.4. The van der Waals surface area contributed by atoms with E-state index in [2.05, 4.69) is 234 Å². The predicted octanol–water partition coefficient (Wildman–Crippen LogP) is 13.6. The van der Waals surface area contributed by atoms with Crippen LogP contribution in [-0.4, -0.2) is 19.1 Å². The lowest BCUT2D eigenvalue weighted by Gasteiger charge is -2.32. The molecule has 308 valence electrons. The van der Waals surface area contributed by atoms with Crippen molar-refractivity contribution in [2.75, 3.05) is 0 Å². The molecule has 15 rings (SSSR count). The van der Waals surface area contributed by atoms with E-state index in [1.807, 2.05) is 0 Å². The highest BCUT2D eigenvalue weighted by atomic mass is 15.2. The maximum atomic E-state index is 5.88. The first-order chi connectivity index (χ1) is 32.5. The summed E-state index contributed by atoms with van der Waals surface area (Å²) in [5, 5.41) is 2.42. The number of rotatable bonds is 3. The molecule has 4 heterocycles. The first-order valence-corrected chi connectivity index (χ1v) is 22.9. The van der Waals surface area contributed by atoms with Crippen LogP contribution >= 0.6 is 0 Å². The summed E-state index contributed by atoms with van der Waals surface area (Å²) >= 11 is 0. The van der Waals surface area contributed by atoms with Crippen molar-refractivity contribution in [1.82, 2.24) is 19.1 Å². The molecule has 1 spiro atoms. The summed E-state index contributed by atoms with van der Waals surface area (Å²) < 4.78 is 7.22. The molecule has 2 aliphatic carbocycles. The lowest BCUT2D eigenvalue weighted by atomic mass is 9.70. The van der Waals surface area contributed by atoms with Crippen molar-refractivity contribution in [3.8, 4) is 56.4 Å². The van der Waals surface area contributed by atoms with Gasteiger partial charge in [0.25, 0.3) is 5.82 Å². The molecule has 0 N–H and O–H groups in total. The van der Waals surface area contributed by atoms with Gasteiger partial charge in [0.1, 0.15) is 16.7 Å². The molecule has 5 heteroatoms. The summed E-state index contributed by atoms with van der Waals surface area (Å²) in [6.45, 7) is 4.76. The number of fused-ring (bicyclic) bond motifs is 19. The van der Waals surface area contributed by atoms with Crippen molar-refractivity contribution in [1.29, 1.82) is 0 Å². The number of benzene rings is 9. The van der Waals surface area contributed by atoms with E-state index in [0.29, 0.717) is 5.82 Å². The van der Waals surface area contributed by atoms with Crippen molar-refractivity contribution in [3.63, 3.8) is 0 Å². The van der Waals surface area contributed by atoms with Gasteiger partial charge >= 0.3 is 5.78 Å². The van der Waals surface area contributed by atoms with E-state index in [1.165, 1.54) is 77.6 Å². The largest absolute Gasteiger partial charge is 0.368 e. The molecule has 0 amide bonds. The van der Waals surface area contributed by atoms with Gasteiger partial charge in [-0.2, -0.15) is 4.40 Å². The maximum absolute atomic E-state index is 5.88. The minimum atomic E-state index is -0.482.